The van der Waals surface area contributed by atoms with Crippen LogP contribution in [0.3, 0.4) is 0 Å². The van der Waals surface area contributed by atoms with Crippen molar-refractivity contribution in [1.82, 2.24) is 15.4 Å². The van der Waals surface area contributed by atoms with Gasteiger partial charge in [-0.3, -0.25) is 4.79 Å². The summed E-state index contributed by atoms with van der Waals surface area (Å²) in [6.07, 6.45) is 2.55. The molecule has 5 nitrogen and oxygen atoms in total. The molecule has 1 N–H and O–H groups in total. The third kappa shape index (κ3) is 3.06. The van der Waals surface area contributed by atoms with Crippen molar-refractivity contribution < 1.29 is 9.32 Å². The van der Waals surface area contributed by atoms with Gasteiger partial charge in [-0.05, 0) is 26.8 Å². The predicted octanol–water partition coefficient (Wildman–Crippen LogP) is 0.736. The van der Waals surface area contributed by atoms with E-state index in [4.69, 9.17) is 4.52 Å². The molecular weight excluding hydrogens is 218 g/mol. The molecule has 5 heteroatoms. The molecule has 17 heavy (non-hydrogen) atoms. The van der Waals surface area contributed by atoms with E-state index in [0.717, 1.165) is 37.4 Å². The third-order valence-corrected chi connectivity index (χ3v) is 3.19. The number of carbonyl (C=O) groups is 1. The molecule has 1 saturated heterocycles. The topological polar surface area (TPSA) is 58.4 Å². The van der Waals surface area contributed by atoms with E-state index >= 15 is 0 Å². The molecule has 1 aromatic rings. The van der Waals surface area contributed by atoms with Crippen molar-refractivity contribution in [2.75, 3.05) is 20.1 Å². The molecule has 1 amide bonds. The minimum Gasteiger partial charge on any atom is -0.361 e. The zero-order chi connectivity index (χ0) is 12.3. The lowest BCUT2D eigenvalue weighted by Crippen LogP contribution is -2.47. The fourth-order valence-electron chi connectivity index (χ4n) is 2.21. The standard InChI is InChI=1S/C12H19N3O2/c1-9-6-11(14-17-9)7-12(16)15-5-3-4-10(8-15)13-2/h6,10,13H,3-5,7-8H2,1-2H3/t10-/m1/s1. The molecular formula is C12H19N3O2. The molecule has 0 saturated carbocycles. The van der Waals surface area contributed by atoms with Gasteiger partial charge in [-0.1, -0.05) is 5.16 Å². The molecule has 1 atom stereocenters. The first-order valence-corrected chi connectivity index (χ1v) is 6.06. The first-order valence-electron chi connectivity index (χ1n) is 6.06. The van der Waals surface area contributed by atoms with Crippen molar-refractivity contribution in [3.8, 4) is 0 Å². The zero-order valence-corrected chi connectivity index (χ0v) is 10.4. The molecule has 0 unspecified atom stereocenters. The summed E-state index contributed by atoms with van der Waals surface area (Å²) in [5.74, 6) is 0.887. The number of nitrogens with zero attached hydrogens (tertiary/aromatic N) is 2. The van der Waals surface area contributed by atoms with E-state index in [1.807, 2.05) is 24.9 Å². The van der Waals surface area contributed by atoms with Crippen LogP contribution in [0.15, 0.2) is 10.6 Å². The van der Waals surface area contributed by atoms with E-state index in [9.17, 15) is 4.79 Å². The maximum atomic E-state index is 12.1. The fourth-order valence-corrected chi connectivity index (χ4v) is 2.21. The average molecular weight is 237 g/mol. The predicted molar refractivity (Wildman–Crippen MR) is 63.6 cm³/mol. The lowest BCUT2D eigenvalue weighted by molar-refractivity contribution is -0.131. The van der Waals surface area contributed by atoms with Gasteiger partial charge in [-0.25, -0.2) is 0 Å². The van der Waals surface area contributed by atoms with Crippen molar-refractivity contribution in [3.05, 3.63) is 17.5 Å². The lowest BCUT2D eigenvalue weighted by atomic mass is 10.1. The van der Waals surface area contributed by atoms with Gasteiger partial charge in [0.05, 0.1) is 12.1 Å². The van der Waals surface area contributed by atoms with Crippen LogP contribution < -0.4 is 5.32 Å². The van der Waals surface area contributed by atoms with Crippen LogP contribution in [0.1, 0.15) is 24.3 Å². The van der Waals surface area contributed by atoms with E-state index in [0.29, 0.717) is 12.5 Å². The van der Waals surface area contributed by atoms with Crippen molar-refractivity contribution >= 4 is 5.91 Å². The summed E-state index contributed by atoms with van der Waals surface area (Å²) < 4.78 is 4.96. The molecule has 0 radical (unpaired) electrons. The Morgan fingerprint density at radius 3 is 3.18 bits per heavy atom. The number of aryl methyl sites for hydroxylation is 1. The molecule has 1 fully saturated rings. The van der Waals surface area contributed by atoms with Crippen LogP contribution in [-0.2, 0) is 11.2 Å². The number of likely N-dealkylation sites (N-methyl/N-ethyl adjacent to an activating group) is 1. The first kappa shape index (κ1) is 12.1. The smallest absolute Gasteiger partial charge is 0.228 e. The Hall–Kier alpha value is -1.36. The van der Waals surface area contributed by atoms with Gasteiger partial charge in [-0.15, -0.1) is 0 Å². The fraction of sp³-hybridized carbons (Fsp3) is 0.667. The van der Waals surface area contributed by atoms with Crippen molar-refractivity contribution in [2.24, 2.45) is 0 Å². The summed E-state index contributed by atoms with van der Waals surface area (Å²) in [4.78, 5) is 14.0. The summed E-state index contributed by atoms with van der Waals surface area (Å²) in [7, 11) is 1.94. The number of rotatable bonds is 3. The molecule has 1 aliphatic heterocycles. The Morgan fingerprint density at radius 2 is 2.53 bits per heavy atom. The van der Waals surface area contributed by atoms with E-state index in [-0.39, 0.29) is 5.91 Å². The molecule has 2 rings (SSSR count). The molecule has 1 aromatic heterocycles. The minimum absolute atomic E-state index is 0.137. The third-order valence-electron chi connectivity index (χ3n) is 3.19. The SMILES string of the molecule is CN[C@@H]1CCCN(C(=O)Cc2cc(C)on2)C1. The van der Waals surface area contributed by atoms with Crippen LogP contribution in [0.25, 0.3) is 0 Å². The molecule has 0 aliphatic carbocycles. The number of piperidine rings is 1. The molecule has 0 aromatic carbocycles. The quantitative estimate of drug-likeness (QED) is 0.842. The van der Waals surface area contributed by atoms with Gasteiger partial charge in [0.2, 0.25) is 5.91 Å². The maximum Gasteiger partial charge on any atom is 0.228 e. The Bertz CT molecular complexity index is 389. The zero-order valence-electron chi connectivity index (χ0n) is 10.4. The van der Waals surface area contributed by atoms with Gasteiger partial charge in [0.1, 0.15) is 5.76 Å². The Balaban J connectivity index is 1.91. The normalized spacial score (nSPS) is 20.6. The molecule has 1 aliphatic rings. The Labute approximate surface area is 101 Å². The summed E-state index contributed by atoms with van der Waals surface area (Å²) in [5, 5.41) is 7.08. The Kier molecular flexibility index (Phi) is 3.78. The van der Waals surface area contributed by atoms with Gasteiger partial charge in [0.15, 0.2) is 0 Å². The van der Waals surface area contributed by atoms with E-state index in [1.54, 1.807) is 0 Å². The van der Waals surface area contributed by atoms with Gasteiger partial charge in [0.25, 0.3) is 0 Å². The molecule has 0 spiro atoms. The van der Waals surface area contributed by atoms with Crippen LogP contribution in [0, 0.1) is 6.92 Å². The van der Waals surface area contributed by atoms with Crippen LogP contribution in [0.5, 0.6) is 0 Å². The van der Waals surface area contributed by atoms with Crippen molar-refractivity contribution in [2.45, 2.75) is 32.2 Å². The Morgan fingerprint density at radius 1 is 1.71 bits per heavy atom. The lowest BCUT2D eigenvalue weighted by Gasteiger charge is -2.32. The number of hydrogen-bond acceptors (Lipinski definition) is 4. The largest absolute Gasteiger partial charge is 0.361 e. The van der Waals surface area contributed by atoms with Crippen LogP contribution >= 0.6 is 0 Å². The van der Waals surface area contributed by atoms with E-state index in [2.05, 4.69) is 10.5 Å². The minimum atomic E-state index is 0.137. The van der Waals surface area contributed by atoms with Gasteiger partial charge >= 0.3 is 0 Å². The highest BCUT2D eigenvalue weighted by Crippen LogP contribution is 2.12. The number of likely N-dealkylation sites (tertiary alicyclic amines) is 1. The molecule has 94 valence electrons. The molecule has 0 bridgehead atoms. The first-order chi connectivity index (χ1) is 8.19. The highest BCUT2D eigenvalue weighted by molar-refractivity contribution is 5.78. The maximum absolute atomic E-state index is 12.1. The summed E-state index contributed by atoms with van der Waals surface area (Å²) in [5.41, 5.74) is 0.721. The second kappa shape index (κ2) is 5.31. The highest BCUT2D eigenvalue weighted by atomic mass is 16.5. The molecule has 2 heterocycles. The second-order valence-electron chi connectivity index (χ2n) is 4.57. The van der Waals surface area contributed by atoms with Gasteiger partial charge in [-0.2, -0.15) is 0 Å². The number of aromatic nitrogens is 1. The summed E-state index contributed by atoms with van der Waals surface area (Å²) in [6.45, 7) is 3.49. The van der Waals surface area contributed by atoms with Gasteiger partial charge in [0, 0.05) is 25.2 Å². The number of hydrogen-bond donors (Lipinski definition) is 1. The summed E-state index contributed by atoms with van der Waals surface area (Å²) in [6, 6.07) is 2.24. The van der Waals surface area contributed by atoms with Gasteiger partial charge < -0.3 is 14.7 Å². The summed E-state index contributed by atoms with van der Waals surface area (Å²) >= 11 is 0. The van der Waals surface area contributed by atoms with Crippen molar-refractivity contribution in [1.29, 1.82) is 0 Å². The van der Waals surface area contributed by atoms with E-state index in [1.165, 1.54) is 0 Å². The van der Waals surface area contributed by atoms with E-state index < -0.39 is 0 Å². The van der Waals surface area contributed by atoms with Crippen LogP contribution in [0.4, 0.5) is 0 Å². The average Bonchev–Trinajstić information content (AvgIpc) is 2.75. The number of carbonyl (C=O) groups excluding carboxylic acids is 1. The monoisotopic (exact) mass is 237 g/mol. The second-order valence-corrected chi connectivity index (χ2v) is 4.57. The number of amides is 1. The van der Waals surface area contributed by atoms with Crippen LogP contribution in [0.2, 0.25) is 0 Å². The number of nitrogens with one attached hydrogen (secondary N) is 1. The van der Waals surface area contributed by atoms with Crippen LogP contribution in [-0.4, -0.2) is 42.1 Å². The highest BCUT2D eigenvalue weighted by Gasteiger charge is 2.23. The van der Waals surface area contributed by atoms with Crippen molar-refractivity contribution in [3.63, 3.8) is 0 Å².